The molecule has 0 saturated carbocycles. The highest BCUT2D eigenvalue weighted by molar-refractivity contribution is 5.84. The number of fused-ring (bicyclic) bond motifs is 1. The van der Waals surface area contributed by atoms with Crippen molar-refractivity contribution < 1.29 is 0 Å². The van der Waals surface area contributed by atoms with Crippen molar-refractivity contribution in [1.82, 2.24) is 14.4 Å². The van der Waals surface area contributed by atoms with Gasteiger partial charge in [0.1, 0.15) is 0 Å². The van der Waals surface area contributed by atoms with Gasteiger partial charge in [0.05, 0.1) is 0 Å². The van der Waals surface area contributed by atoms with Crippen LogP contribution in [0.3, 0.4) is 0 Å². The Bertz CT molecular complexity index is 888. The van der Waals surface area contributed by atoms with E-state index in [9.17, 15) is 0 Å². The van der Waals surface area contributed by atoms with Gasteiger partial charge < -0.3 is 14.4 Å². The molecule has 0 amide bonds. The van der Waals surface area contributed by atoms with Crippen molar-refractivity contribution in [2.45, 2.75) is 26.3 Å². The van der Waals surface area contributed by atoms with E-state index in [-0.39, 0.29) is 0 Å². The minimum atomic E-state index is 0.950. The van der Waals surface area contributed by atoms with E-state index in [1.807, 2.05) is 0 Å². The van der Waals surface area contributed by atoms with Crippen LogP contribution in [-0.2, 0) is 13.0 Å². The van der Waals surface area contributed by atoms with Crippen LogP contribution in [0.4, 0.5) is 0 Å². The molecule has 0 atom stereocenters. The van der Waals surface area contributed by atoms with Crippen LogP contribution in [0.2, 0.25) is 0 Å². The Balaban J connectivity index is 1.47. The number of nitrogens with zero attached hydrogens (tertiary/aromatic N) is 3. The number of rotatable bonds is 6. The maximum Gasteiger partial charge on any atom is 0.0486 e. The number of aryl methyl sites for hydroxylation is 2. The summed E-state index contributed by atoms with van der Waals surface area (Å²) in [4.78, 5) is 5.04. The molecular weight excluding hydrogens is 330 g/mol. The summed E-state index contributed by atoms with van der Waals surface area (Å²) in [6.07, 6.45) is 4.79. The van der Waals surface area contributed by atoms with Crippen LogP contribution in [0.25, 0.3) is 10.9 Å². The summed E-state index contributed by atoms with van der Waals surface area (Å²) in [6.45, 7) is 9.21. The van der Waals surface area contributed by atoms with Crippen molar-refractivity contribution in [3.63, 3.8) is 0 Å². The highest BCUT2D eigenvalue weighted by atomic mass is 15.2. The minimum absolute atomic E-state index is 0.950. The molecule has 1 aliphatic heterocycles. The van der Waals surface area contributed by atoms with E-state index in [1.54, 1.807) is 0 Å². The fourth-order valence-corrected chi connectivity index (χ4v) is 4.19. The second kappa shape index (κ2) is 8.28. The number of likely N-dealkylation sites (N-methyl/N-ethyl adjacent to an activating group) is 1. The largest absolute Gasteiger partial charge is 0.343 e. The first-order chi connectivity index (χ1) is 13.2. The van der Waals surface area contributed by atoms with Crippen molar-refractivity contribution >= 4 is 10.9 Å². The summed E-state index contributed by atoms with van der Waals surface area (Å²) in [5.41, 5.74) is 5.62. The quantitative estimate of drug-likeness (QED) is 0.653. The second-order valence-corrected chi connectivity index (χ2v) is 7.97. The van der Waals surface area contributed by atoms with Crippen molar-refractivity contribution in [2.75, 3.05) is 39.8 Å². The molecule has 3 nitrogen and oxygen atoms in total. The van der Waals surface area contributed by atoms with Gasteiger partial charge in [0.2, 0.25) is 0 Å². The Morgan fingerprint density at radius 1 is 0.852 bits per heavy atom. The number of aromatic nitrogens is 1. The third kappa shape index (κ3) is 4.26. The van der Waals surface area contributed by atoms with Crippen LogP contribution in [0.1, 0.15) is 23.1 Å². The van der Waals surface area contributed by atoms with Crippen molar-refractivity contribution in [3.05, 3.63) is 71.4 Å². The normalized spacial score (nSPS) is 16.2. The summed E-state index contributed by atoms with van der Waals surface area (Å²) < 4.78 is 2.43. The molecule has 1 saturated heterocycles. The zero-order valence-electron chi connectivity index (χ0n) is 16.7. The number of hydrogen-bond acceptors (Lipinski definition) is 2. The monoisotopic (exact) mass is 361 g/mol. The maximum absolute atomic E-state index is 2.62. The van der Waals surface area contributed by atoms with Gasteiger partial charge in [0.15, 0.2) is 0 Å². The Morgan fingerprint density at radius 3 is 2.41 bits per heavy atom. The topological polar surface area (TPSA) is 11.4 Å². The molecule has 0 unspecified atom stereocenters. The highest BCUT2D eigenvalue weighted by Gasteiger charge is 2.14. The molecule has 2 aromatic carbocycles. The number of para-hydroxylation sites is 1. The second-order valence-electron chi connectivity index (χ2n) is 7.97. The molecule has 1 aromatic heterocycles. The van der Waals surface area contributed by atoms with E-state index in [4.69, 9.17) is 0 Å². The van der Waals surface area contributed by atoms with Gasteiger partial charge in [-0.25, -0.2) is 0 Å². The van der Waals surface area contributed by atoms with E-state index in [0.29, 0.717) is 0 Å². The number of benzene rings is 2. The fraction of sp³-hybridized carbons (Fsp3) is 0.417. The van der Waals surface area contributed by atoms with Gasteiger partial charge in [0, 0.05) is 49.8 Å². The lowest BCUT2D eigenvalue weighted by molar-refractivity contribution is 0.153. The van der Waals surface area contributed by atoms with E-state index in [1.165, 1.54) is 66.7 Å². The van der Waals surface area contributed by atoms with Crippen LogP contribution in [0.15, 0.2) is 54.7 Å². The molecule has 27 heavy (non-hydrogen) atoms. The molecule has 0 aliphatic carbocycles. The standard InChI is InChI=1S/C24H31N3/c1-20-8-3-4-9-21(20)18-27-19-22(23-11-5-6-12-24(23)27)10-7-13-26-16-14-25(2)15-17-26/h3-6,8-9,11-12,19H,7,10,13-18H2,1-2H3. The van der Waals surface area contributed by atoms with E-state index in [0.717, 1.165) is 13.0 Å². The molecule has 0 radical (unpaired) electrons. The fourth-order valence-electron chi connectivity index (χ4n) is 4.19. The average Bonchev–Trinajstić information content (AvgIpc) is 3.03. The van der Waals surface area contributed by atoms with Gasteiger partial charge in [-0.2, -0.15) is 0 Å². The van der Waals surface area contributed by atoms with Crippen molar-refractivity contribution in [3.8, 4) is 0 Å². The SMILES string of the molecule is Cc1ccccc1Cn1cc(CCCN2CCN(C)CC2)c2ccccc21. The zero-order valence-corrected chi connectivity index (χ0v) is 16.7. The van der Waals surface area contributed by atoms with E-state index >= 15 is 0 Å². The van der Waals surface area contributed by atoms with Gasteiger partial charge in [0.25, 0.3) is 0 Å². The van der Waals surface area contributed by atoms with Crippen molar-refractivity contribution in [2.24, 2.45) is 0 Å². The number of piperazine rings is 1. The third-order valence-electron chi connectivity index (χ3n) is 5.99. The van der Waals surface area contributed by atoms with Crippen LogP contribution in [-0.4, -0.2) is 54.1 Å². The first-order valence-electron chi connectivity index (χ1n) is 10.2. The summed E-state index contributed by atoms with van der Waals surface area (Å²) >= 11 is 0. The predicted octanol–water partition coefficient (Wildman–Crippen LogP) is 4.18. The van der Waals surface area contributed by atoms with Gasteiger partial charge in [-0.3, -0.25) is 0 Å². The number of hydrogen-bond donors (Lipinski definition) is 0. The lowest BCUT2D eigenvalue weighted by atomic mass is 10.1. The lowest BCUT2D eigenvalue weighted by Crippen LogP contribution is -2.44. The first-order valence-corrected chi connectivity index (χ1v) is 10.2. The van der Waals surface area contributed by atoms with Crippen LogP contribution >= 0.6 is 0 Å². The van der Waals surface area contributed by atoms with Crippen LogP contribution in [0.5, 0.6) is 0 Å². The third-order valence-corrected chi connectivity index (χ3v) is 5.99. The molecule has 0 bridgehead atoms. The van der Waals surface area contributed by atoms with Gasteiger partial charge >= 0.3 is 0 Å². The van der Waals surface area contributed by atoms with Gasteiger partial charge in [-0.05, 0) is 56.1 Å². The van der Waals surface area contributed by atoms with E-state index < -0.39 is 0 Å². The smallest absolute Gasteiger partial charge is 0.0486 e. The molecule has 3 heteroatoms. The Hall–Kier alpha value is -2.10. The lowest BCUT2D eigenvalue weighted by Gasteiger charge is -2.32. The van der Waals surface area contributed by atoms with Gasteiger partial charge in [-0.15, -0.1) is 0 Å². The Kier molecular flexibility index (Phi) is 5.61. The highest BCUT2D eigenvalue weighted by Crippen LogP contribution is 2.24. The Morgan fingerprint density at radius 2 is 1.59 bits per heavy atom. The Labute approximate surface area is 163 Å². The summed E-state index contributed by atoms with van der Waals surface area (Å²) in [7, 11) is 2.22. The molecule has 1 aliphatic rings. The first kappa shape index (κ1) is 18.3. The van der Waals surface area contributed by atoms with Gasteiger partial charge in [-0.1, -0.05) is 42.5 Å². The molecular formula is C24H31N3. The summed E-state index contributed by atoms with van der Waals surface area (Å²) in [5.74, 6) is 0. The molecule has 0 N–H and O–H groups in total. The molecule has 2 heterocycles. The predicted molar refractivity (Wildman–Crippen MR) is 114 cm³/mol. The summed E-state index contributed by atoms with van der Waals surface area (Å²) in [6, 6.07) is 17.6. The molecule has 142 valence electrons. The molecule has 1 fully saturated rings. The van der Waals surface area contributed by atoms with Crippen LogP contribution in [0, 0.1) is 6.92 Å². The van der Waals surface area contributed by atoms with Crippen molar-refractivity contribution in [1.29, 1.82) is 0 Å². The molecule has 4 rings (SSSR count). The molecule has 0 spiro atoms. The minimum Gasteiger partial charge on any atom is -0.343 e. The average molecular weight is 362 g/mol. The maximum atomic E-state index is 2.62. The van der Waals surface area contributed by atoms with Crippen LogP contribution < -0.4 is 0 Å². The summed E-state index contributed by atoms with van der Waals surface area (Å²) in [5, 5.41) is 1.42. The zero-order chi connectivity index (χ0) is 18.6. The molecule has 3 aromatic rings. The van der Waals surface area contributed by atoms with E-state index in [2.05, 4.69) is 83.1 Å².